The lowest BCUT2D eigenvalue weighted by molar-refractivity contribution is -0.352. The van der Waals surface area contributed by atoms with E-state index in [2.05, 4.69) is 4.74 Å². The lowest BCUT2D eigenvalue weighted by Gasteiger charge is -2.33. The van der Waals surface area contributed by atoms with Crippen molar-refractivity contribution in [1.82, 2.24) is 0 Å². The zero-order valence-electron chi connectivity index (χ0n) is 10.8. The number of rotatable bonds is 5. The maximum Gasteiger partial charge on any atom is 0.431 e. The molecule has 132 valence electrons. The van der Waals surface area contributed by atoms with Crippen molar-refractivity contribution < 1.29 is 53.4 Å². The molecule has 0 rings (SSSR count). The second-order valence-electron chi connectivity index (χ2n) is 4.37. The largest absolute Gasteiger partial charge is 0.466 e. The van der Waals surface area contributed by atoms with E-state index in [1.807, 2.05) is 0 Å². The van der Waals surface area contributed by atoms with Crippen molar-refractivity contribution >= 4 is 5.97 Å². The number of hydrogen-bond acceptors (Lipinski definition) is 2. The summed E-state index contributed by atoms with van der Waals surface area (Å²) in [6.07, 6.45) is -23.0. The summed E-state index contributed by atoms with van der Waals surface area (Å²) < 4.78 is 128. The van der Waals surface area contributed by atoms with Crippen LogP contribution in [0.15, 0.2) is 0 Å². The average molecular weight is 352 g/mol. The SMILES string of the molecule is CC(=O)OCCC(CC(F)(C(F)(F)F)C(F)(F)F)C(F)(F)F. The molecule has 0 amide bonds. The molecule has 0 aliphatic rings. The van der Waals surface area contributed by atoms with Gasteiger partial charge in [-0.15, -0.1) is 0 Å². The first-order valence-corrected chi connectivity index (χ1v) is 5.55. The summed E-state index contributed by atoms with van der Waals surface area (Å²) in [4.78, 5) is 10.3. The molecular formula is C10H10F10O2. The number of carbonyl (C=O) groups is 1. The van der Waals surface area contributed by atoms with Crippen LogP contribution in [0.1, 0.15) is 19.8 Å². The van der Waals surface area contributed by atoms with Crippen LogP contribution in [-0.2, 0) is 9.53 Å². The molecule has 0 aliphatic heterocycles. The van der Waals surface area contributed by atoms with Crippen LogP contribution >= 0.6 is 0 Å². The van der Waals surface area contributed by atoms with Gasteiger partial charge in [-0.3, -0.25) is 4.79 Å². The van der Waals surface area contributed by atoms with E-state index in [9.17, 15) is 48.7 Å². The first kappa shape index (κ1) is 20.8. The monoisotopic (exact) mass is 352 g/mol. The van der Waals surface area contributed by atoms with Gasteiger partial charge in [0.2, 0.25) is 0 Å². The van der Waals surface area contributed by atoms with Crippen LogP contribution in [0.4, 0.5) is 43.9 Å². The van der Waals surface area contributed by atoms with Gasteiger partial charge in [0, 0.05) is 13.3 Å². The molecule has 0 saturated carbocycles. The summed E-state index contributed by atoms with van der Waals surface area (Å²) in [5, 5.41) is 0. The van der Waals surface area contributed by atoms with Crippen LogP contribution in [0.5, 0.6) is 0 Å². The van der Waals surface area contributed by atoms with Crippen LogP contribution in [0.3, 0.4) is 0 Å². The van der Waals surface area contributed by atoms with Crippen molar-refractivity contribution in [3.05, 3.63) is 0 Å². The Morgan fingerprint density at radius 1 is 0.909 bits per heavy atom. The van der Waals surface area contributed by atoms with Gasteiger partial charge in [0.15, 0.2) is 0 Å². The summed E-state index contributed by atoms with van der Waals surface area (Å²) in [6, 6.07) is 0. The maximum absolute atomic E-state index is 13.3. The van der Waals surface area contributed by atoms with Crippen molar-refractivity contribution in [2.24, 2.45) is 5.92 Å². The molecule has 0 radical (unpaired) electrons. The van der Waals surface area contributed by atoms with Gasteiger partial charge in [-0.25, -0.2) is 4.39 Å². The predicted molar refractivity (Wildman–Crippen MR) is 51.4 cm³/mol. The van der Waals surface area contributed by atoms with Crippen LogP contribution in [0, 0.1) is 5.92 Å². The molecule has 0 fully saturated rings. The van der Waals surface area contributed by atoms with Gasteiger partial charge in [-0.1, -0.05) is 0 Å². The number of alkyl halides is 10. The van der Waals surface area contributed by atoms with Crippen molar-refractivity contribution in [2.75, 3.05) is 6.61 Å². The van der Waals surface area contributed by atoms with E-state index < -0.39 is 55.5 Å². The third-order valence-electron chi connectivity index (χ3n) is 2.66. The second-order valence-corrected chi connectivity index (χ2v) is 4.37. The lowest BCUT2D eigenvalue weighted by atomic mass is 9.88. The molecule has 0 saturated heterocycles. The van der Waals surface area contributed by atoms with Gasteiger partial charge < -0.3 is 4.74 Å². The van der Waals surface area contributed by atoms with Crippen LogP contribution in [0.25, 0.3) is 0 Å². The molecule has 0 bridgehead atoms. The maximum atomic E-state index is 13.3. The van der Waals surface area contributed by atoms with Gasteiger partial charge in [0.05, 0.1) is 12.5 Å². The summed E-state index contributed by atoms with van der Waals surface area (Å²) in [6.45, 7) is -0.321. The summed E-state index contributed by atoms with van der Waals surface area (Å²) in [5.41, 5.74) is -6.02. The quantitative estimate of drug-likeness (QED) is 0.544. The Morgan fingerprint density at radius 2 is 1.32 bits per heavy atom. The molecule has 1 unspecified atom stereocenters. The highest BCUT2D eigenvalue weighted by atomic mass is 19.4. The molecule has 0 aromatic rings. The number of halogens is 10. The van der Waals surface area contributed by atoms with Gasteiger partial charge in [0.1, 0.15) is 0 Å². The minimum absolute atomic E-state index is 0.771. The van der Waals surface area contributed by atoms with Gasteiger partial charge in [-0.2, -0.15) is 39.5 Å². The van der Waals surface area contributed by atoms with Gasteiger partial charge >= 0.3 is 24.5 Å². The number of ether oxygens (including phenoxy) is 1. The summed E-state index contributed by atoms with van der Waals surface area (Å²) in [7, 11) is 0. The van der Waals surface area contributed by atoms with Crippen molar-refractivity contribution in [1.29, 1.82) is 0 Å². The molecule has 22 heavy (non-hydrogen) atoms. The first-order chi connectivity index (χ1) is 9.52. The van der Waals surface area contributed by atoms with E-state index in [1.165, 1.54) is 0 Å². The predicted octanol–water partition coefficient (Wildman–Crippen LogP) is 4.34. The van der Waals surface area contributed by atoms with Crippen LogP contribution in [0.2, 0.25) is 0 Å². The Hall–Kier alpha value is -1.23. The minimum Gasteiger partial charge on any atom is -0.466 e. The Labute approximate surface area is 117 Å². The van der Waals surface area contributed by atoms with E-state index in [-0.39, 0.29) is 0 Å². The van der Waals surface area contributed by atoms with Crippen molar-refractivity contribution in [2.45, 2.75) is 44.0 Å². The average Bonchev–Trinajstić information content (AvgIpc) is 2.22. The Kier molecular flexibility index (Phi) is 6.12. The molecule has 0 aromatic carbocycles. The highest BCUT2D eigenvalue weighted by Gasteiger charge is 2.73. The van der Waals surface area contributed by atoms with E-state index in [4.69, 9.17) is 0 Å². The highest BCUT2D eigenvalue weighted by Crippen LogP contribution is 2.52. The zero-order chi connectivity index (χ0) is 18.0. The van der Waals surface area contributed by atoms with E-state index in [0.717, 1.165) is 6.92 Å². The molecule has 0 N–H and O–H groups in total. The topological polar surface area (TPSA) is 26.3 Å². The fourth-order valence-electron chi connectivity index (χ4n) is 1.46. The Bertz CT molecular complexity index is 367. The lowest BCUT2D eigenvalue weighted by Crippen LogP contribution is -2.55. The number of carbonyl (C=O) groups excluding carboxylic acids is 1. The summed E-state index contributed by atoms with van der Waals surface area (Å²) in [5.74, 6) is -4.38. The minimum atomic E-state index is -6.57. The summed E-state index contributed by atoms with van der Waals surface area (Å²) >= 11 is 0. The standard InChI is InChI=1S/C10H10F10O2/c1-5(21)22-3-2-6(8(12,13)14)4-7(11,9(15,16)17)10(18,19)20/h6H,2-4H2,1H3. The molecule has 1 atom stereocenters. The third-order valence-corrected chi connectivity index (χ3v) is 2.66. The van der Waals surface area contributed by atoms with Crippen LogP contribution in [-0.4, -0.2) is 36.8 Å². The number of esters is 1. The fourth-order valence-corrected chi connectivity index (χ4v) is 1.46. The van der Waals surface area contributed by atoms with Crippen molar-refractivity contribution in [3.63, 3.8) is 0 Å². The molecule has 0 aliphatic carbocycles. The normalized spacial score (nSPS) is 15.6. The highest BCUT2D eigenvalue weighted by molar-refractivity contribution is 5.65. The zero-order valence-corrected chi connectivity index (χ0v) is 10.8. The molecule has 0 aromatic heterocycles. The first-order valence-electron chi connectivity index (χ1n) is 5.55. The molecule has 0 spiro atoms. The van der Waals surface area contributed by atoms with E-state index in [1.54, 1.807) is 0 Å². The molecular weight excluding hydrogens is 342 g/mol. The Balaban J connectivity index is 5.36. The van der Waals surface area contributed by atoms with E-state index in [0.29, 0.717) is 0 Å². The van der Waals surface area contributed by atoms with Gasteiger partial charge in [0.25, 0.3) is 5.67 Å². The van der Waals surface area contributed by atoms with Crippen LogP contribution < -0.4 is 0 Å². The third kappa shape index (κ3) is 5.20. The smallest absolute Gasteiger partial charge is 0.431 e. The molecule has 2 nitrogen and oxygen atoms in total. The van der Waals surface area contributed by atoms with Crippen molar-refractivity contribution in [3.8, 4) is 0 Å². The molecule has 12 heteroatoms. The van der Waals surface area contributed by atoms with E-state index >= 15 is 0 Å². The number of hydrogen-bond donors (Lipinski definition) is 0. The fraction of sp³-hybridized carbons (Fsp3) is 0.900. The second kappa shape index (κ2) is 6.49. The molecule has 0 heterocycles. The Morgan fingerprint density at radius 3 is 1.59 bits per heavy atom. The van der Waals surface area contributed by atoms with Gasteiger partial charge in [-0.05, 0) is 6.42 Å².